The quantitative estimate of drug-likeness (QED) is 0.612. The van der Waals surface area contributed by atoms with E-state index in [0.717, 1.165) is 13.3 Å². The lowest BCUT2D eigenvalue weighted by Crippen LogP contribution is -2.17. The Labute approximate surface area is 161 Å². The molecule has 28 heavy (non-hydrogen) atoms. The molecule has 0 amide bonds. The Morgan fingerprint density at radius 3 is 2.75 bits per heavy atom. The third kappa shape index (κ3) is 4.07. The average Bonchev–Trinajstić information content (AvgIpc) is 3.04. The van der Waals surface area contributed by atoms with Crippen LogP contribution in [0, 0.1) is 5.82 Å². The van der Waals surface area contributed by atoms with Crippen molar-refractivity contribution in [2.24, 2.45) is 0 Å². The number of pyridine rings is 2. The molecule has 0 aliphatic heterocycles. The summed E-state index contributed by atoms with van der Waals surface area (Å²) >= 11 is 5.85. The molecule has 0 bridgehead atoms. The van der Waals surface area contributed by atoms with E-state index in [9.17, 15) is 21.6 Å². The van der Waals surface area contributed by atoms with E-state index < -0.39 is 34.8 Å². The zero-order valence-corrected chi connectivity index (χ0v) is 15.6. The maximum Gasteiger partial charge on any atom is 0.279 e. The van der Waals surface area contributed by atoms with Crippen molar-refractivity contribution in [3.05, 3.63) is 41.4 Å². The molecule has 8 nitrogen and oxygen atoms in total. The third-order valence-corrected chi connectivity index (χ3v) is 4.99. The Balaban J connectivity index is 1.96. The number of alkyl halides is 2. The molecule has 0 unspecified atom stereocenters. The Morgan fingerprint density at radius 1 is 1.32 bits per heavy atom. The van der Waals surface area contributed by atoms with Crippen LogP contribution in [0.3, 0.4) is 0 Å². The molecule has 1 N–H and O–H groups in total. The highest BCUT2D eigenvalue weighted by Gasteiger charge is 2.24. The van der Waals surface area contributed by atoms with Crippen molar-refractivity contribution in [1.29, 1.82) is 0 Å². The van der Waals surface area contributed by atoms with E-state index in [1.54, 1.807) is 0 Å². The van der Waals surface area contributed by atoms with Crippen molar-refractivity contribution in [2.45, 2.75) is 11.5 Å². The van der Waals surface area contributed by atoms with Crippen LogP contribution in [0.5, 0.6) is 11.8 Å². The number of nitrogens with zero attached hydrogens (tertiary/aromatic N) is 3. The summed E-state index contributed by atoms with van der Waals surface area (Å²) in [5, 5.41) is 0.113. The average molecular weight is 437 g/mol. The fourth-order valence-corrected chi connectivity index (χ4v) is 3.56. The van der Waals surface area contributed by atoms with Crippen LogP contribution in [0.1, 0.15) is 0 Å². The van der Waals surface area contributed by atoms with Gasteiger partial charge in [-0.05, 0) is 6.07 Å². The van der Waals surface area contributed by atoms with Crippen molar-refractivity contribution >= 4 is 33.0 Å². The van der Waals surface area contributed by atoms with Gasteiger partial charge in [0.15, 0.2) is 17.5 Å². The Morgan fingerprint density at radius 2 is 2.07 bits per heavy atom. The molecule has 0 fully saturated rings. The van der Waals surface area contributed by atoms with Crippen molar-refractivity contribution in [3.63, 3.8) is 0 Å². The molecule has 0 radical (unpaired) electrons. The lowest BCUT2D eigenvalue weighted by Gasteiger charge is -2.13. The smallest absolute Gasteiger partial charge is 0.279 e. The molecule has 3 rings (SSSR count). The molecule has 3 heterocycles. The SMILES string of the molecule is COc1nc(OCC(F)F)c(F)cc1NS(=O)(=O)c1cnc2cc(Cl)ccn12. The summed E-state index contributed by atoms with van der Waals surface area (Å²) in [5.41, 5.74) is -0.0757. The number of aromatic nitrogens is 3. The molecule has 0 saturated carbocycles. The van der Waals surface area contributed by atoms with Gasteiger partial charge >= 0.3 is 0 Å². The fourth-order valence-electron chi connectivity index (χ4n) is 2.26. The zero-order valence-electron chi connectivity index (χ0n) is 14.1. The van der Waals surface area contributed by atoms with Crippen LogP contribution in [-0.4, -0.2) is 42.9 Å². The molecule has 0 aromatic carbocycles. The van der Waals surface area contributed by atoms with Crippen LogP contribution in [0.2, 0.25) is 5.02 Å². The molecule has 0 spiro atoms. The molecule has 3 aromatic heterocycles. The highest BCUT2D eigenvalue weighted by Crippen LogP contribution is 2.30. The van der Waals surface area contributed by atoms with Crippen molar-refractivity contribution in [1.82, 2.24) is 14.4 Å². The Bertz CT molecular complexity index is 1120. The van der Waals surface area contributed by atoms with E-state index in [1.165, 1.54) is 22.7 Å². The number of hydrogen-bond donors (Lipinski definition) is 1. The van der Waals surface area contributed by atoms with Gasteiger partial charge in [-0.25, -0.2) is 18.2 Å². The van der Waals surface area contributed by atoms with E-state index in [4.69, 9.17) is 16.3 Å². The second-order valence-electron chi connectivity index (χ2n) is 5.31. The largest absolute Gasteiger partial charge is 0.479 e. The number of halogens is 4. The van der Waals surface area contributed by atoms with Crippen molar-refractivity contribution < 1.29 is 31.1 Å². The molecular weight excluding hydrogens is 425 g/mol. The van der Waals surface area contributed by atoms with E-state index in [0.29, 0.717) is 11.1 Å². The summed E-state index contributed by atoms with van der Waals surface area (Å²) in [4.78, 5) is 7.53. The van der Waals surface area contributed by atoms with Gasteiger partial charge in [0, 0.05) is 23.4 Å². The summed E-state index contributed by atoms with van der Waals surface area (Å²) < 4.78 is 76.8. The molecule has 3 aromatic rings. The maximum absolute atomic E-state index is 14.1. The highest BCUT2D eigenvalue weighted by atomic mass is 35.5. The van der Waals surface area contributed by atoms with E-state index in [1.807, 2.05) is 0 Å². The number of sulfonamides is 1. The van der Waals surface area contributed by atoms with Gasteiger partial charge in [-0.2, -0.15) is 13.4 Å². The second kappa shape index (κ2) is 7.72. The Kier molecular flexibility index (Phi) is 5.52. The number of ether oxygens (including phenoxy) is 2. The van der Waals surface area contributed by atoms with E-state index in [-0.39, 0.29) is 22.2 Å². The lowest BCUT2D eigenvalue weighted by atomic mass is 10.4. The van der Waals surface area contributed by atoms with E-state index in [2.05, 4.69) is 19.4 Å². The molecule has 0 saturated heterocycles. The number of anilines is 1. The summed E-state index contributed by atoms with van der Waals surface area (Å²) in [6.07, 6.45) is -0.352. The first-order chi connectivity index (χ1) is 13.2. The number of fused-ring (bicyclic) bond motifs is 1. The minimum Gasteiger partial charge on any atom is -0.479 e. The summed E-state index contributed by atoms with van der Waals surface area (Å²) in [6.45, 7) is -1.08. The van der Waals surface area contributed by atoms with Crippen LogP contribution in [0.15, 0.2) is 35.6 Å². The lowest BCUT2D eigenvalue weighted by molar-refractivity contribution is 0.0770. The predicted molar refractivity (Wildman–Crippen MR) is 93.3 cm³/mol. The summed E-state index contributed by atoms with van der Waals surface area (Å²) in [6, 6.07) is 3.63. The number of nitrogens with one attached hydrogen (secondary N) is 1. The van der Waals surface area contributed by atoms with Crippen LogP contribution in [-0.2, 0) is 10.0 Å². The topological polar surface area (TPSA) is 94.8 Å². The van der Waals surface area contributed by atoms with Gasteiger partial charge in [0.2, 0.25) is 5.88 Å². The van der Waals surface area contributed by atoms with Crippen molar-refractivity contribution in [3.8, 4) is 11.8 Å². The van der Waals surface area contributed by atoms with Crippen LogP contribution < -0.4 is 14.2 Å². The number of imidazole rings is 1. The first-order valence-electron chi connectivity index (χ1n) is 7.52. The fraction of sp³-hybridized carbons (Fsp3) is 0.200. The summed E-state index contributed by atoms with van der Waals surface area (Å²) in [7, 11) is -3.09. The monoisotopic (exact) mass is 436 g/mol. The van der Waals surface area contributed by atoms with Crippen LogP contribution >= 0.6 is 11.6 Å². The number of methoxy groups -OCH3 is 1. The molecule has 13 heteroatoms. The molecular formula is C15H12ClF3N4O4S. The number of hydrogen-bond acceptors (Lipinski definition) is 6. The van der Waals surface area contributed by atoms with Gasteiger partial charge in [0.05, 0.1) is 13.3 Å². The maximum atomic E-state index is 14.1. The van der Waals surface area contributed by atoms with Gasteiger partial charge in [0.1, 0.15) is 11.3 Å². The minimum absolute atomic E-state index is 0.250. The normalized spacial score (nSPS) is 11.8. The Hall–Kier alpha value is -2.73. The molecule has 150 valence electrons. The van der Waals surface area contributed by atoms with Gasteiger partial charge in [-0.1, -0.05) is 11.6 Å². The van der Waals surface area contributed by atoms with Gasteiger partial charge in [-0.3, -0.25) is 9.12 Å². The summed E-state index contributed by atoms with van der Waals surface area (Å²) in [5.74, 6) is -2.26. The molecule has 0 atom stereocenters. The van der Waals surface area contributed by atoms with Gasteiger partial charge < -0.3 is 9.47 Å². The standard InChI is InChI=1S/C15H12ClF3N4O4S/c1-26-15-10(5-9(17)14(21-15)27-7-11(18)19)22-28(24,25)13-6-20-12-4-8(16)2-3-23(12)13/h2-6,11,22H,7H2,1H3. The first-order valence-corrected chi connectivity index (χ1v) is 9.38. The highest BCUT2D eigenvalue weighted by molar-refractivity contribution is 7.92. The van der Waals surface area contributed by atoms with Crippen LogP contribution in [0.4, 0.5) is 18.9 Å². The van der Waals surface area contributed by atoms with Gasteiger partial charge in [-0.15, -0.1) is 0 Å². The third-order valence-electron chi connectivity index (χ3n) is 3.41. The molecule has 0 aliphatic rings. The predicted octanol–water partition coefficient (Wildman–Crippen LogP) is 2.98. The minimum atomic E-state index is -4.24. The number of rotatable bonds is 7. The second-order valence-corrected chi connectivity index (χ2v) is 7.38. The van der Waals surface area contributed by atoms with Crippen molar-refractivity contribution in [2.75, 3.05) is 18.4 Å². The van der Waals surface area contributed by atoms with Gasteiger partial charge in [0.25, 0.3) is 22.3 Å². The zero-order chi connectivity index (χ0) is 20.5. The first kappa shape index (κ1) is 20.0. The van der Waals surface area contributed by atoms with Crippen LogP contribution in [0.25, 0.3) is 5.65 Å². The van der Waals surface area contributed by atoms with E-state index >= 15 is 0 Å². The molecule has 0 aliphatic carbocycles.